The van der Waals surface area contributed by atoms with Gasteiger partial charge in [0, 0.05) is 11.1 Å². The lowest BCUT2D eigenvalue weighted by Crippen LogP contribution is -2.20. The molecule has 6 nitrogen and oxygen atoms in total. The predicted molar refractivity (Wildman–Crippen MR) is 122 cm³/mol. The van der Waals surface area contributed by atoms with E-state index in [9.17, 15) is 9.59 Å². The summed E-state index contributed by atoms with van der Waals surface area (Å²) in [5, 5.41) is 3.73. The van der Waals surface area contributed by atoms with Crippen molar-refractivity contribution in [2.75, 3.05) is 19.0 Å². The Morgan fingerprint density at radius 2 is 1.77 bits per heavy atom. The molecule has 7 heteroatoms. The van der Waals surface area contributed by atoms with Crippen molar-refractivity contribution in [2.45, 2.75) is 6.92 Å². The topological polar surface area (TPSA) is 77.5 Å². The third-order valence-corrected chi connectivity index (χ3v) is 5.72. The molecule has 31 heavy (non-hydrogen) atoms. The summed E-state index contributed by atoms with van der Waals surface area (Å²) in [7, 11) is 1.49. The fourth-order valence-electron chi connectivity index (χ4n) is 3.10. The van der Waals surface area contributed by atoms with Crippen molar-refractivity contribution in [3.63, 3.8) is 0 Å². The van der Waals surface area contributed by atoms with E-state index in [0.29, 0.717) is 22.7 Å². The number of para-hydroxylation sites is 2. The predicted octanol–water partition coefficient (Wildman–Crippen LogP) is 5.19. The number of nitrogens with one attached hydrogen (secondary N) is 1. The lowest BCUT2D eigenvalue weighted by Gasteiger charge is -2.13. The lowest BCUT2D eigenvalue weighted by atomic mass is 10.1. The number of benzene rings is 3. The van der Waals surface area contributed by atoms with Crippen LogP contribution in [0.5, 0.6) is 11.5 Å². The molecule has 1 amide bonds. The summed E-state index contributed by atoms with van der Waals surface area (Å²) >= 11 is 1.57. The zero-order valence-electron chi connectivity index (χ0n) is 17.0. The number of carbonyl (C=O) groups is 2. The number of rotatable bonds is 7. The molecule has 0 saturated heterocycles. The minimum absolute atomic E-state index is 0.0750. The highest BCUT2D eigenvalue weighted by Crippen LogP contribution is 2.34. The molecule has 0 radical (unpaired) electrons. The van der Waals surface area contributed by atoms with Gasteiger partial charge < -0.3 is 14.8 Å². The molecule has 0 fully saturated rings. The molecule has 3 aromatic carbocycles. The SMILES string of the molecule is COc1cc(C(C)=O)ccc1OCC(=O)Nc1ccccc1-c1nc2ccccc2s1. The molecule has 0 aliphatic heterocycles. The van der Waals surface area contributed by atoms with Crippen LogP contribution in [0.15, 0.2) is 66.7 Å². The average Bonchev–Trinajstić information content (AvgIpc) is 3.22. The summed E-state index contributed by atoms with van der Waals surface area (Å²) < 4.78 is 12.0. The number of hydrogen-bond acceptors (Lipinski definition) is 6. The smallest absolute Gasteiger partial charge is 0.262 e. The standard InChI is InChI=1S/C24H20N2O4S/c1-15(27)16-11-12-20(21(13-16)29-2)30-14-23(28)25-18-8-4-3-7-17(18)24-26-19-9-5-6-10-22(19)31-24/h3-13H,14H2,1-2H3,(H,25,28). The number of amides is 1. The normalized spacial score (nSPS) is 10.6. The lowest BCUT2D eigenvalue weighted by molar-refractivity contribution is -0.118. The molecular formula is C24H20N2O4S. The monoisotopic (exact) mass is 432 g/mol. The van der Waals surface area contributed by atoms with Gasteiger partial charge in [0.2, 0.25) is 0 Å². The van der Waals surface area contributed by atoms with Gasteiger partial charge in [-0.15, -0.1) is 11.3 Å². The second-order valence-corrected chi connectivity index (χ2v) is 7.82. The van der Waals surface area contributed by atoms with Crippen LogP contribution < -0.4 is 14.8 Å². The largest absolute Gasteiger partial charge is 0.493 e. The van der Waals surface area contributed by atoms with Gasteiger partial charge in [0.1, 0.15) is 5.01 Å². The van der Waals surface area contributed by atoms with Gasteiger partial charge in [0.25, 0.3) is 5.91 Å². The van der Waals surface area contributed by atoms with E-state index in [1.165, 1.54) is 14.0 Å². The fourth-order valence-corrected chi connectivity index (χ4v) is 4.11. The third-order valence-electron chi connectivity index (χ3n) is 4.65. The Kier molecular flexibility index (Phi) is 5.95. The van der Waals surface area contributed by atoms with E-state index in [1.807, 2.05) is 48.5 Å². The van der Waals surface area contributed by atoms with Crippen LogP contribution in [0.4, 0.5) is 5.69 Å². The number of Topliss-reactive ketones (excluding diaryl/α,β-unsaturated/α-hetero) is 1. The van der Waals surface area contributed by atoms with Crippen LogP contribution in [-0.4, -0.2) is 30.4 Å². The van der Waals surface area contributed by atoms with E-state index in [-0.39, 0.29) is 18.3 Å². The first kappa shape index (κ1) is 20.6. The van der Waals surface area contributed by atoms with Crippen molar-refractivity contribution in [2.24, 2.45) is 0 Å². The number of aromatic nitrogens is 1. The number of hydrogen-bond donors (Lipinski definition) is 1. The van der Waals surface area contributed by atoms with E-state index < -0.39 is 0 Å². The highest BCUT2D eigenvalue weighted by molar-refractivity contribution is 7.21. The van der Waals surface area contributed by atoms with Gasteiger partial charge in [0.05, 0.1) is 23.0 Å². The minimum Gasteiger partial charge on any atom is -0.493 e. The van der Waals surface area contributed by atoms with Crippen molar-refractivity contribution in [1.29, 1.82) is 0 Å². The number of methoxy groups -OCH3 is 1. The molecular weight excluding hydrogens is 412 g/mol. The Morgan fingerprint density at radius 3 is 2.55 bits per heavy atom. The van der Waals surface area contributed by atoms with Gasteiger partial charge >= 0.3 is 0 Å². The van der Waals surface area contributed by atoms with Crippen LogP contribution >= 0.6 is 11.3 Å². The molecule has 0 aliphatic carbocycles. The van der Waals surface area contributed by atoms with Crippen LogP contribution in [0.2, 0.25) is 0 Å². The van der Waals surface area contributed by atoms with E-state index in [0.717, 1.165) is 20.8 Å². The first-order valence-electron chi connectivity index (χ1n) is 9.62. The Hall–Kier alpha value is -3.71. The van der Waals surface area contributed by atoms with Crippen LogP contribution in [0.3, 0.4) is 0 Å². The molecule has 1 heterocycles. The summed E-state index contributed by atoms with van der Waals surface area (Å²) in [4.78, 5) is 28.8. The van der Waals surface area contributed by atoms with E-state index in [1.54, 1.807) is 29.5 Å². The maximum Gasteiger partial charge on any atom is 0.262 e. The van der Waals surface area contributed by atoms with Gasteiger partial charge in [0.15, 0.2) is 23.9 Å². The van der Waals surface area contributed by atoms with Gasteiger partial charge in [-0.1, -0.05) is 24.3 Å². The van der Waals surface area contributed by atoms with Crippen molar-refractivity contribution in [3.8, 4) is 22.1 Å². The number of ketones is 1. The van der Waals surface area contributed by atoms with E-state index in [4.69, 9.17) is 9.47 Å². The Bertz CT molecular complexity index is 1230. The summed E-state index contributed by atoms with van der Waals surface area (Å²) in [6, 6.07) is 20.3. The molecule has 1 aromatic heterocycles. The van der Waals surface area contributed by atoms with Crippen LogP contribution in [0.25, 0.3) is 20.8 Å². The molecule has 1 N–H and O–H groups in total. The molecule has 0 bridgehead atoms. The Balaban J connectivity index is 1.49. The number of anilines is 1. The molecule has 0 unspecified atom stereocenters. The van der Waals surface area contributed by atoms with Crippen LogP contribution in [-0.2, 0) is 4.79 Å². The average molecular weight is 433 g/mol. The Morgan fingerprint density at radius 1 is 1.00 bits per heavy atom. The minimum atomic E-state index is -0.314. The first-order chi connectivity index (χ1) is 15.0. The maximum absolute atomic E-state index is 12.6. The summed E-state index contributed by atoms with van der Waals surface area (Å²) in [6.45, 7) is 1.27. The van der Waals surface area contributed by atoms with Gasteiger partial charge in [-0.3, -0.25) is 9.59 Å². The van der Waals surface area contributed by atoms with Crippen LogP contribution in [0.1, 0.15) is 17.3 Å². The summed E-state index contributed by atoms with van der Waals surface area (Å²) in [5.74, 6) is 0.401. The molecule has 0 atom stereocenters. The highest BCUT2D eigenvalue weighted by Gasteiger charge is 2.14. The van der Waals surface area contributed by atoms with E-state index >= 15 is 0 Å². The van der Waals surface area contributed by atoms with Gasteiger partial charge in [-0.05, 0) is 49.4 Å². The Labute approximate surface area is 183 Å². The number of nitrogens with zero attached hydrogens (tertiary/aromatic N) is 1. The second-order valence-electron chi connectivity index (χ2n) is 6.79. The number of thiazole rings is 1. The number of carbonyl (C=O) groups excluding carboxylic acids is 2. The summed E-state index contributed by atoms with van der Waals surface area (Å²) in [6.07, 6.45) is 0. The maximum atomic E-state index is 12.6. The quantitative estimate of drug-likeness (QED) is 0.407. The zero-order chi connectivity index (χ0) is 21.8. The molecule has 0 saturated carbocycles. The first-order valence-corrected chi connectivity index (χ1v) is 10.4. The van der Waals surface area contributed by atoms with E-state index in [2.05, 4.69) is 10.3 Å². The van der Waals surface area contributed by atoms with Crippen molar-refractivity contribution < 1.29 is 19.1 Å². The molecule has 0 spiro atoms. The van der Waals surface area contributed by atoms with Gasteiger partial charge in [-0.25, -0.2) is 4.98 Å². The third kappa shape index (κ3) is 4.57. The van der Waals surface area contributed by atoms with Gasteiger partial charge in [-0.2, -0.15) is 0 Å². The fraction of sp³-hybridized carbons (Fsp3) is 0.125. The zero-order valence-corrected chi connectivity index (χ0v) is 17.9. The number of ether oxygens (including phenoxy) is 2. The highest BCUT2D eigenvalue weighted by atomic mass is 32.1. The molecule has 4 rings (SSSR count). The van der Waals surface area contributed by atoms with Crippen molar-refractivity contribution in [1.82, 2.24) is 4.98 Å². The van der Waals surface area contributed by atoms with Crippen molar-refractivity contribution >= 4 is 38.9 Å². The van der Waals surface area contributed by atoms with Crippen LogP contribution in [0, 0.1) is 0 Å². The van der Waals surface area contributed by atoms with Crippen molar-refractivity contribution in [3.05, 3.63) is 72.3 Å². The number of fused-ring (bicyclic) bond motifs is 1. The molecule has 156 valence electrons. The summed E-state index contributed by atoms with van der Waals surface area (Å²) in [5.41, 5.74) is 2.95. The molecule has 0 aliphatic rings. The second kappa shape index (κ2) is 8.97. The molecule has 4 aromatic rings.